The van der Waals surface area contributed by atoms with Crippen LogP contribution >= 0.6 is 0 Å². The Morgan fingerprint density at radius 1 is 1.33 bits per heavy atom. The number of carbonyl (C=O) groups is 1. The van der Waals surface area contributed by atoms with E-state index >= 15 is 0 Å². The van der Waals surface area contributed by atoms with Gasteiger partial charge in [-0.25, -0.2) is 0 Å². The predicted octanol–water partition coefficient (Wildman–Crippen LogP) is 1.57. The standard InChI is InChI=1S/C14H20N2O2/c1-11-3-4-13(12(2)9-11)15-14(17)10-16-5-7-18-8-6-16/h3-4,9H,5-8,10H2,1-2H3,(H,15,17). The number of rotatable bonds is 3. The SMILES string of the molecule is Cc1ccc(NC(=O)CN2CCOCC2)c(C)c1. The summed E-state index contributed by atoms with van der Waals surface area (Å²) in [5.41, 5.74) is 3.21. The van der Waals surface area contributed by atoms with Crippen molar-refractivity contribution in [1.82, 2.24) is 4.90 Å². The van der Waals surface area contributed by atoms with E-state index in [4.69, 9.17) is 4.74 Å². The molecule has 0 aromatic heterocycles. The highest BCUT2D eigenvalue weighted by atomic mass is 16.5. The maximum atomic E-state index is 11.9. The highest BCUT2D eigenvalue weighted by molar-refractivity contribution is 5.93. The summed E-state index contributed by atoms with van der Waals surface area (Å²) in [5.74, 6) is 0.0452. The van der Waals surface area contributed by atoms with Crippen molar-refractivity contribution in [3.63, 3.8) is 0 Å². The van der Waals surface area contributed by atoms with Gasteiger partial charge in [0.05, 0.1) is 19.8 Å². The molecule has 1 saturated heterocycles. The highest BCUT2D eigenvalue weighted by Gasteiger charge is 2.14. The number of benzene rings is 1. The van der Waals surface area contributed by atoms with Crippen molar-refractivity contribution >= 4 is 11.6 Å². The van der Waals surface area contributed by atoms with Crippen LogP contribution in [0.2, 0.25) is 0 Å². The first kappa shape index (κ1) is 13.1. The Morgan fingerprint density at radius 3 is 2.72 bits per heavy atom. The van der Waals surface area contributed by atoms with Crippen LogP contribution < -0.4 is 5.32 Å². The van der Waals surface area contributed by atoms with Gasteiger partial charge in [0.25, 0.3) is 0 Å². The summed E-state index contributed by atoms with van der Waals surface area (Å²) < 4.78 is 5.26. The third-order valence-corrected chi connectivity index (χ3v) is 3.13. The lowest BCUT2D eigenvalue weighted by molar-refractivity contribution is -0.118. The van der Waals surface area contributed by atoms with Crippen molar-refractivity contribution in [2.75, 3.05) is 38.2 Å². The van der Waals surface area contributed by atoms with Gasteiger partial charge in [-0.3, -0.25) is 9.69 Å². The van der Waals surface area contributed by atoms with Crippen molar-refractivity contribution in [1.29, 1.82) is 0 Å². The van der Waals surface area contributed by atoms with Crippen molar-refractivity contribution in [3.05, 3.63) is 29.3 Å². The zero-order chi connectivity index (χ0) is 13.0. The van der Waals surface area contributed by atoms with Gasteiger partial charge in [-0.15, -0.1) is 0 Å². The third-order valence-electron chi connectivity index (χ3n) is 3.13. The van der Waals surface area contributed by atoms with E-state index in [-0.39, 0.29) is 5.91 Å². The molecule has 1 aliphatic rings. The molecule has 1 fully saturated rings. The van der Waals surface area contributed by atoms with E-state index in [1.54, 1.807) is 0 Å². The smallest absolute Gasteiger partial charge is 0.238 e. The Hall–Kier alpha value is -1.39. The lowest BCUT2D eigenvalue weighted by Crippen LogP contribution is -2.41. The quantitative estimate of drug-likeness (QED) is 0.883. The maximum absolute atomic E-state index is 11.9. The Morgan fingerprint density at radius 2 is 2.06 bits per heavy atom. The lowest BCUT2D eigenvalue weighted by Gasteiger charge is -2.25. The van der Waals surface area contributed by atoms with Crippen LogP contribution in [0.25, 0.3) is 0 Å². The van der Waals surface area contributed by atoms with Crippen molar-refractivity contribution in [3.8, 4) is 0 Å². The topological polar surface area (TPSA) is 41.6 Å². The van der Waals surface area contributed by atoms with Crippen molar-refractivity contribution < 1.29 is 9.53 Å². The largest absolute Gasteiger partial charge is 0.379 e. The highest BCUT2D eigenvalue weighted by Crippen LogP contribution is 2.15. The Kier molecular flexibility index (Phi) is 4.33. The van der Waals surface area contributed by atoms with Crippen molar-refractivity contribution in [2.45, 2.75) is 13.8 Å². The fourth-order valence-electron chi connectivity index (χ4n) is 2.11. The summed E-state index contributed by atoms with van der Waals surface area (Å²) in [6.07, 6.45) is 0. The number of hydrogen-bond acceptors (Lipinski definition) is 3. The summed E-state index contributed by atoms with van der Waals surface area (Å²) in [5, 5.41) is 2.96. The summed E-state index contributed by atoms with van der Waals surface area (Å²) in [6.45, 7) is 7.61. The molecule has 0 bridgehead atoms. The average Bonchev–Trinajstić information content (AvgIpc) is 2.34. The second-order valence-corrected chi connectivity index (χ2v) is 4.76. The lowest BCUT2D eigenvalue weighted by atomic mass is 10.1. The van der Waals surface area contributed by atoms with Crippen LogP contribution in [-0.4, -0.2) is 43.7 Å². The predicted molar refractivity (Wildman–Crippen MR) is 71.8 cm³/mol. The van der Waals surface area contributed by atoms with E-state index in [1.807, 2.05) is 26.0 Å². The fraction of sp³-hybridized carbons (Fsp3) is 0.500. The molecular weight excluding hydrogens is 228 g/mol. The van der Waals surface area contributed by atoms with Gasteiger partial charge >= 0.3 is 0 Å². The number of amides is 1. The minimum atomic E-state index is 0.0452. The minimum Gasteiger partial charge on any atom is -0.379 e. The molecule has 2 rings (SSSR count). The van der Waals surface area contributed by atoms with Crippen LogP contribution in [0.1, 0.15) is 11.1 Å². The zero-order valence-corrected chi connectivity index (χ0v) is 11.0. The average molecular weight is 248 g/mol. The van der Waals surface area contributed by atoms with Gasteiger partial charge in [0.2, 0.25) is 5.91 Å². The summed E-state index contributed by atoms with van der Waals surface area (Å²) in [7, 11) is 0. The first-order chi connectivity index (χ1) is 8.65. The number of hydrogen-bond donors (Lipinski definition) is 1. The molecule has 1 aromatic carbocycles. The second kappa shape index (κ2) is 5.98. The van der Waals surface area contributed by atoms with Gasteiger partial charge in [0, 0.05) is 18.8 Å². The third kappa shape index (κ3) is 3.55. The molecule has 18 heavy (non-hydrogen) atoms. The van der Waals surface area contributed by atoms with Crippen LogP contribution in [0.15, 0.2) is 18.2 Å². The molecule has 0 unspecified atom stereocenters. The molecule has 0 aliphatic carbocycles. The van der Waals surface area contributed by atoms with E-state index in [9.17, 15) is 4.79 Å². The molecule has 0 radical (unpaired) electrons. The number of aryl methyl sites for hydroxylation is 2. The first-order valence-corrected chi connectivity index (χ1v) is 6.32. The Bertz CT molecular complexity index is 426. The van der Waals surface area contributed by atoms with E-state index in [0.29, 0.717) is 6.54 Å². The number of anilines is 1. The monoisotopic (exact) mass is 248 g/mol. The molecule has 1 aliphatic heterocycles. The van der Waals surface area contributed by atoms with E-state index in [0.717, 1.165) is 37.6 Å². The number of carbonyl (C=O) groups excluding carboxylic acids is 1. The van der Waals surface area contributed by atoms with Gasteiger partial charge in [-0.1, -0.05) is 17.7 Å². The van der Waals surface area contributed by atoms with E-state index in [2.05, 4.69) is 16.3 Å². The molecule has 4 nitrogen and oxygen atoms in total. The molecule has 1 aromatic rings. The van der Waals surface area contributed by atoms with Crippen LogP contribution in [-0.2, 0) is 9.53 Å². The van der Waals surface area contributed by atoms with Gasteiger partial charge in [-0.2, -0.15) is 0 Å². The summed E-state index contributed by atoms with van der Waals surface area (Å²) in [4.78, 5) is 14.0. The first-order valence-electron chi connectivity index (χ1n) is 6.32. The number of nitrogens with zero attached hydrogens (tertiary/aromatic N) is 1. The van der Waals surface area contributed by atoms with Crippen molar-refractivity contribution in [2.24, 2.45) is 0 Å². The molecule has 0 saturated carbocycles. The van der Waals surface area contributed by atoms with E-state index in [1.165, 1.54) is 5.56 Å². The number of nitrogens with one attached hydrogen (secondary N) is 1. The van der Waals surface area contributed by atoms with Gasteiger partial charge in [0.1, 0.15) is 0 Å². The van der Waals surface area contributed by atoms with Crippen LogP contribution in [0.5, 0.6) is 0 Å². The fourth-order valence-corrected chi connectivity index (χ4v) is 2.11. The van der Waals surface area contributed by atoms with Gasteiger partial charge in [0.15, 0.2) is 0 Å². The normalized spacial score (nSPS) is 16.6. The van der Waals surface area contributed by atoms with Gasteiger partial charge < -0.3 is 10.1 Å². The minimum absolute atomic E-state index is 0.0452. The van der Waals surface area contributed by atoms with Gasteiger partial charge in [-0.05, 0) is 25.5 Å². The van der Waals surface area contributed by atoms with Crippen LogP contribution in [0.4, 0.5) is 5.69 Å². The number of ether oxygens (including phenoxy) is 1. The molecule has 1 amide bonds. The molecule has 0 atom stereocenters. The van der Waals surface area contributed by atoms with Crippen LogP contribution in [0, 0.1) is 13.8 Å². The maximum Gasteiger partial charge on any atom is 0.238 e. The molecule has 4 heteroatoms. The zero-order valence-electron chi connectivity index (χ0n) is 11.0. The molecular formula is C14H20N2O2. The Balaban J connectivity index is 1.90. The summed E-state index contributed by atoms with van der Waals surface area (Å²) >= 11 is 0. The molecule has 1 N–H and O–H groups in total. The molecule has 98 valence electrons. The Labute approximate surface area is 108 Å². The summed E-state index contributed by atoms with van der Waals surface area (Å²) in [6, 6.07) is 6.05. The van der Waals surface area contributed by atoms with E-state index < -0.39 is 0 Å². The van der Waals surface area contributed by atoms with Crippen LogP contribution in [0.3, 0.4) is 0 Å². The second-order valence-electron chi connectivity index (χ2n) is 4.76. The number of morpholine rings is 1. The molecule has 0 spiro atoms. The molecule has 1 heterocycles.